The zero-order chi connectivity index (χ0) is 11.5. The van der Waals surface area contributed by atoms with Crippen LogP contribution in [0.2, 0.25) is 0 Å². The van der Waals surface area contributed by atoms with E-state index in [2.05, 4.69) is 5.32 Å². The molecule has 1 aliphatic heterocycles. The fourth-order valence-electron chi connectivity index (χ4n) is 2.13. The molecular weight excluding hydrogens is 206 g/mol. The van der Waals surface area contributed by atoms with Crippen LogP contribution >= 0.6 is 0 Å². The molecule has 0 aromatic rings. The third-order valence-corrected chi connectivity index (χ3v) is 3.01. The molecule has 0 spiro atoms. The first kappa shape index (κ1) is 11.0. The fourth-order valence-corrected chi connectivity index (χ4v) is 2.13. The Labute approximate surface area is 95.0 Å². The molecule has 0 fully saturated rings. The number of ether oxygens (including phenoxy) is 1. The van der Waals surface area contributed by atoms with E-state index in [9.17, 15) is 4.79 Å². The van der Waals surface area contributed by atoms with E-state index in [0.717, 1.165) is 30.8 Å². The van der Waals surface area contributed by atoms with Gasteiger partial charge in [-0.25, -0.2) is 4.79 Å². The number of hydrogen-bond donors (Lipinski definition) is 2. The van der Waals surface area contributed by atoms with E-state index in [-0.39, 0.29) is 5.92 Å². The van der Waals surface area contributed by atoms with Crippen molar-refractivity contribution in [2.24, 2.45) is 5.92 Å². The number of aliphatic carboxylic acids is 1. The van der Waals surface area contributed by atoms with E-state index in [1.807, 2.05) is 6.92 Å². The molecule has 0 aromatic heterocycles. The summed E-state index contributed by atoms with van der Waals surface area (Å²) in [6.45, 7) is 3.66. The van der Waals surface area contributed by atoms with Crippen LogP contribution in [0.1, 0.15) is 26.2 Å². The molecule has 4 heteroatoms. The molecule has 0 saturated heterocycles. The van der Waals surface area contributed by atoms with Gasteiger partial charge in [0, 0.05) is 18.0 Å². The summed E-state index contributed by atoms with van der Waals surface area (Å²) in [6.07, 6.45) is 4.34. The molecule has 2 rings (SSSR count). The lowest BCUT2D eigenvalue weighted by atomic mass is 9.91. The van der Waals surface area contributed by atoms with Gasteiger partial charge in [0.25, 0.3) is 0 Å². The van der Waals surface area contributed by atoms with Gasteiger partial charge in [0.05, 0.1) is 12.3 Å². The lowest BCUT2D eigenvalue weighted by molar-refractivity contribution is -0.133. The topological polar surface area (TPSA) is 58.6 Å². The Morgan fingerprint density at radius 3 is 3.12 bits per heavy atom. The number of carbonyl (C=O) groups is 1. The van der Waals surface area contributed by atoms with E-state index in [1.54, 1.807) is 6.08 Å². The number of carboxylic acid groups (broad SMARTS) is 1. The van der Waals surface area contributed by atoms with Gasteiger partial charge in [-0.05, 0) is 25.3 Å². The van der Waals surface area contributed by atoms with E-state index in [4.69, 9.17) is 9.84 Å². The van der Waals surface area contributed by atoms with Crippen molar-refractivity contribution in [3.8, 4) is 0 Å². The van der Waals surface area contributed by atoms with Crippen molar-refractivity contribution in [2.75, 3.05) is 13.2 Å². The van der Waals surface area contributed by atoms with Gasteiger partial charge in [0.1, 0.15) is 5.76 Å². The molecule has 2 aliphatic rings. The van der Waals surface area contributed by atoms with E-state index in [1.165, 1.54) is 0 Å². The van der Waals surface area contributed by atoms with Crippen molar-refractivity contribution in [1.29, 1.82) is 0 Å². The molecule has 0 saturated carbocycles. The number of rotatable bonds is 1. The lowest BCUT2D eigenvalue weighted by Gasteiger charge is -2.27. The molecule has 0 radical (unpaired) electrons. The average Bonchev–Trinajstić information content (AvgIpc) is 2.19. The molecule has 1 atom stereocenters. The smallest absolute Gasteiger partial charge is 0.331 e. The first-order valence-corrected chi connectivity index (χ1v) is 5.73. The molecule has 0 bridgehead atoms. The Balaban J connectivity index is 2.29. The summed E-state index contributed by atoms with van der Waals surface area (Å²) in [6, 6.07) is 0. The number of hydrogen-bond acceptors (Lipinski definition) is 3. The Bertz CT molecular complexity index is 357. The molecule has 4 nitrogen and oxygen atoms in total. The monoisotopic (exact) mass is 223 g/mol. The van der Waals surface area contributed by atoms with Crippen LogP contribution in [-0.4, -0.2) is 24.2 Å². The second-order valence-electron chi connectivity index (χ2n) is 4.34. The van der Waals surface area contributed by atoms with Crippen molar-refractivity contribution >= 4 is 5.97 Å². The maximum Gasteiger partial charge on any atom is 0.331 e. The van der Waals surface area contributed by atoms with Crippen LogP contribution < -0.4 is 5.32 Å². The highest BCUT2D eigenvalue weighted by atomic mass is 16.5. The number of carboxylic acids is 1. The average molecular weight is 223 g/mol. The quantitative estimate of drug-likeness (QED) is 0.709. The minimum Gasteiger partial charge on any atom is -0.492 e. The van der Waals surface area contributed by atoms with Crippen molar-refractivity contribution in [2.45, 2.75) is 26.2 Å². The zero-order valence-electron chi connectivity index (χ0n) is 9.45. The van der Waals surface area contributed by atoms with E-state index < -0.39 is 5.97 Å². The molecule has 2 N–H and O–H groups in total. The second kappa shape index (κ2) is 4.60. The van der Waals surface area contributed by atoms with Gasteiger partial charge in [-0.3, -0.25) is 0 Å². The standard InChI is InChI=1S/C12H17NO3/c1-8-6-9(12(14)15)7-10-11(8)13-4-2-3-5-16-10/h7-8,13H,2-6H2,1H3,(H,14,15). The highest BCUT2D eigenvalue weighted by Gasteiger charge is 2.25. The summed E-state index contributed by atoms with van der Waals surface area (Å²) in [4.78, 5) is 11.0. The predicted octanol–water partition coefficient (Wildman–Crippen LogP) is 1.65. The molecule has 88 valence electrons. The Hall–Kier alpha value is -1.45. The van der Waals surface area contributed by atoms with Crippen LogP contribution in [-0.2, 0) is 9.53 Å². The van der Waals surface area contributed by atoms with Gasteiger partial charge in [-0.1, -0.05) is 6.92 Å². The highest BCUT2D eigenvalue weighted by Crippen LogP contribution is 2.29. The minimum absolute atomic E-state index is 0.198. The van der Waals surface area contributed by atoms with Crippen LogP contribution in [0, 0.1) is 5.92 Å². The van der Waals surface area contributed by atoms with E-state index in [0.29, 0.717) is 18.6 Å². The van der Waals surface area contributed by atoms with Crippen molar-refractivity contribution < 1.29 is 14.6 Å². The molecular formula is C12H17NO3. The largest absolute Gasteiger partial charge is 0.492 e. The summed E-state index contributed by atoms with van der Waals surface area (Å²) in [5.41, 5.74) is 1.50. The van der Waals surface area contributed by atoms with Gasteiger partial charge < -0.3 is 15.2 Å². The normalized spacial score (nSPS) is 25.6. The van der Waals surface area contributed by atoms with Crippen LogP contribution in [0.3, 0.4) is 0 Å². The van der Waals surface area contributed by atoms with E-state index >= 15 is 0 Å². The maximum absolute atomic E-state index is 11.0. The maximum atomic E-state index is 11.0. The van der Waals surface area contributed by atoms with Crippen molar-refractivity contribution in [1.82, 2.24) is 5.32 Å². The zero-order valence-corrected chi connectivity index (χ0v) is 9.45. The van der Waals surface area contributed by atoms with Gasteiger partial charge in [0.2, 0.25) is 0 Å². The third-order valence-electron chi connectivity index (χ3n) is 3.01. The summed E-state index contributed by atoms with van der Waals surface area (Å²) in [5.74, 6) is 0.0732. The Kier molecular flexibility index (Phi) is 3.17. The molecule has 1 heterocycles. The van der Waals surface area contributed by atoms with Gasteiger partial charge >= 0.3 is 5.97 Å². The van der Waals surface area contributed by atoms with Gasteiger partial charge in [0.15, 0.2) is 0 Å². The van der Waals surface area contributed by atoms with Crippen LogP contribution in [0.15, 0.2) is 23.1 Å². The SMILES string of the molecule is CC1CC(C(=O)O)=CC2=C1NCCCCO2. The minimum atomic E-state index is -0.843. The van der Waals surface area contributed by atoms with Crippen LogP contribution in [0.25, 0.3) is 0 Å². The Morgan fingerprint density at radius 2 is 2.38 bits per heavy atom. The summed E-state index contributed by atoms with van der Waals surface area (Å²) in [7, 11) is 0. The Morgan fingerprint density at radius 1 is 1.56 bits per heavy atom. The number of allylic oxidation sites excluding steroid dienone is 2. The van der Waals surface area contributed by atoms with Gasteiger partial charge in [-0.2, -0.15) is 0 Å². The van der Waals surface area contributed by atoms with Crippen molar-refractivity contribution in [3.63, 3.8) is 0 Å². The lowest BCUT2D eigenvalue weighted by Crippen LogP contribution is -2.28. The van der Waals surface area contributed by atoms with Crippen molar-refractivity contribution in [3.05, 3.63) is 23.1 Å². The summed E-state index contributed by atoms with van der Waals surface area (Å²) < 4.78 is 5.62. The second-order valence-corrected chi connectivity index (χ2v) is 4.34. The molecule has 0 aromatic carbocycles. The number of nitrogens with one attached hydrogen (secondary N) is 1. The predicted molar refractivity (Wildman–Crippen MR) is 59.7 cm³/mol. The molecule has 1 unspecified atom stereocenters. The van der Waals surface area contributed by atoms with Gasteiger partial charge in [-0.15, -0.1) is 0 Å². The molecule has 16 heavy (non-hydrogen) atoms. The molecule has 1 aliphatic carbocycles. The van der Waals surface area contributed by atoms with Crippen LogP contribution in [0.4, 0.5) is 0 Å². The third kappa shape index (κ3) is 2.21. The highest BCUT2D eigenvalue weighted by molar-refractivity contribution is 5.87. The first-order valence-electron chi connectivity index (χ1n) is 5.73. The van der Waals surface area contributed by atoms with Crippen LogP contribution in [0.5, 0.6) is 0 Å². The summed E-state index contributed by atoms with van der Waals surface area (Å²) in [5, 5.41) is 12.4. The first-order chi connectivity index (χ1) is 7.68. The fraction of sp³-hybridized carbons (Fsp3) is 0.583. The summed E-state index contributed by atoms with van der Waals surface area (Å²) >= 11 is 0. The molecule has 0 amide bonds.